The van der Waals surface area contributed by atoms with E-state index >= 15 is 0 Å². The molecule has 1 saturated carbocycles. The zero-order valence-electron chi connectivity index (χ0n) is 9.43. The van der Waals surface area contributed by atoms with E-state index in [4.69, 9.17) is 22.0 Å². The second kappa shape index (κ2) is 5.35. The van der Waals surface area contributed by atoms with Crippen molar-refractivity contribution in [1.29, 1.82) is 5.26 Å². The van der Waals surface area contributed by atoms with Crippen LogP contribution in [0.15, 0.2) is 12.1 Å². The van der Waals surface area contributed by atoms with E-state index in [0.29, 0.717) is 29.1 Å². The highest BCUT2D eigenvalue weighted by Crippen LogP contribution is 2.29. The Hall–Kier alpha value is -1.31. The third kappa shape index (κ3) is 2.68. The summed E-state index contributed by atoms with van der Waals surface area (Å²) in [5.74, 6) is 0.688. The second-order valence-electron chi connectivity index (χ2n) is 4.15. The second-order valence-corrected chi connectivity index (χ2v) is 4.54. The summed E-state index contributed by atoms with van der Waals surface area (Å²) in [5, 5.41) is 18.3. The molecule has 0 spiro atoms. The van der Waals surface area contributed by atoms with Gasteiger partial charge in [0.15, 0.2) is 0 Å². The number of rotatable bonds is 4. The molecule has 0 atom stereocenters. The summed E-state index contributed by atoms with van der Waals surface area (Å²) in [6.45, 7) is 0.607. The predicted molar refractivity (Wildman–Crippen MR) is 66.0 cm³/mol. The Kier molecular flexibility index (Phi) is 3.82. The minimum absolute atomic E-state index is 0.0760. The number of anilines is 1. The van der Waals surface area contributed by atoms with Gasteiger partial charge in [0.2, 0.25) is 0 Å². The maximum absolute atomic E-state index is 9.09. The normalized spacial score (nSPS) is 15.1. The van der Waals surface area contributed by atoms with Crippen LogP contribution >= 0.6 is 11.6 Å². The Morgan fingerprint density at radius 1 is 1.53 bits per heavy atom. The van der Waals surface area contributed by atoms with Gasteiger partial charge in [-0.05, 0) is 31.4 Å². The summed E-state index contributed by atoms with van der Waals surface area (Å²) in [4.78, 5) is 6.27. The lowest BCUT2D eigenvalue weighted by Gasteiger charge is -2.38. The van der Waals surface area contributed by atoms with Gasteiger partial charge in [0.05, 0.1) is 18.2 Å². The molecular formula is C12H14ClN3O. The smallest absolute Gasteiger partial charge is 0.132 e. The maximum atomic E-state index is 9.09. The van der Waals surface area contributed by atoms with Gasteiger partial charge in [-0.3, -0.25) is 0 Å². The molecule has 0 radical (unpaired) electrons. The first-order chi connectivity index (χ1) is 8.24. The minimum atomic E-state index is 0.0760. The van der Waals surface area contributed by atoms with Crippen LogP contribution in [0.4, 0.5) is 5.82 Å². The van der Waals surface area contributed by atoms with Crippen LogP contribution in [0.5, 0.6) is 0 Å². The van der Waals surface area contributed by atoms with Gasteiger partial charge in [0.1, 0.15) is 11.0 Å². The lowest BCUT2D eigenvalue weighted by Crippen LogP contribution is -2.42. The van der Waals surface area contributed by atoms with Gasteiger partial charge in [0.25, 0.3) is 0 Å². The number of nitriles is 1. The molecule has 4 nitrogen and oxygen atoms in total. The molecule has 1 aliphatic rings. The van der Waals surface area contributed by atoms with E-state index in [1.165, 1.54) is 6.42 Å². The zero-order chi connectivity index (χ0) is 12.3. The first-order valence-electron chi connectivity index (χ1n) is 5.70. The summed E-state index contributed by atoms with van der Waals surface area (Å²) >= 11 is 5.89. The highest BCUT2D eigenvalue weighted by Gasteiger charge is 2.26. The fraction of sp³-hybridized carbons (Fsp3) is 0.500. The van der Waals surface area contributed by atoms with Crippen molar-refractivity contribution >= 4 is 17.4 Å². The Labute approximate surface area is 105 Å². The molecule has 1 aromatic heterocycles. The van der Waals surface area contributed by atoms with Gasteiger partial charge in [0, 0.05) is 12.6 Å². The van der Waals surface area contributed by atoms with Crippen LogP contribution in [0.3, 0.4) is 0 Å². The van der Waals surface area contributed by atoms with E-state index in [9.17, 15) is 0 Å². The van der Waals surface area contributed by atoms with Gasteiger partial charge >= 0.3 is 0 Å². The predicted octanol–water partition coefficient (Wildman–Crippen LogP) is 1.96. The van der Waals surface area contributed by atoms with Crippen LogP contribution < -0.4 is 4.90 Å². The average molecular weight is 252 g/mol. The number of halogens is 1. The highest BCUT2D eigenvalue weighted by molar-refractivity contribution is 6.29. The molecule has 17 heavy (non-hydrogen) atoms. The number of hydrogen-bond acceptors (Lipinski definition) is 4. The molecule has 0 amide bonds. The number of aromatic nitrogens is 1. The lowest BCUT2D eigenvalue weighted by molar-refractivity contribution is 0.283. The number of hydrogen-bond donors (Lipinski definition) is 1. The van der Waals surface area contributed by atoms with Crippen molar-refractivity contribution in [3.63, 3.8) is 0 Å². The first-order valence-corrected chi connectivity index (χ1v) is 6.07. The molecule has 0 aliphatic heterocycles. The Morgan fingerprint density at radius 2 is 2.29 bits per heavy atom. The SMILES string of the molecule is N#Cc1cc(Cl)nc(N(CCO)C2CCC2)c1. The number of aliphatic hydroxyl groups is 1. The fourth-order valence-corrected chi connectivity index (χ4v) is 2.19. The van der Waals surface area contributed by atoms with Crippen molar-refractivity contribution in [1.82, 2.24) is 4.98 Å². The van der Waals surface area contributed by atoms with Crippen LogP contribution in [0, 0.1) is 11.3 Å². The number of pyridine rings is 1. The van der Waals surface area contributed by atoms with Crippen LogP contribution in [0.25, 0.3) is 0 Å². The van der Waals surface area contributed by atoms with Crippen LogP contribution in [-0.2, 0) is 0 Å². The van der Waals surface area contributed by atoms with Crippen molar-refractivity contribution < 1.29 is 5.11 Å². The molecule has 90 valence electrons. The Balaban J connectivity index is 2.28. The topological polar surface area (TPSA) is 60.2 Å². The molecule has 0 unspecified atom stereocenters. The summed E-state index contributed by atoms with van der Waals surface area (Å²) in [6, 6.07) is 5.75. The molecule has 1 aliphatic carbocycles. The van der Waals surface area contributed by atoms with E-state index in [-0.39, 0.29) is 6.61 Å². The van der Waals surface area contributed by atoms with E-state index in [1.807, 2.05) is 4.90 Å². The summed E-state index contributed by atoms with van der Waals surface area (Å²) in [7, 11) is 0. The molecule has 0 saturated heterocycles. The monoisotopic (exact) mass is 251 g/mol. The van der Waals surface area contributed by atoms with Gasteiger partial charge in [-0.15, -0.1) is 0 Å². The summed E-state index contributed by atoms with van der Waals surface area (Å²) in [6.07, 6.45) is 3.42. The average Bonchev–Trinajstić information content (AvgIpc) is 2.25. The molecule has 1 heterocycles. The molecule has 2 rings (SSSR count). The molecule has 1 aromatic rings. The van der Waals surface area contributed by atoms with Gasteiger partial charge < -0.3 is 10.0 Å². The zero-order valence-corrected chi connectivity index (χ0v) is 10.2. The van der Waals surface area contributed by atoms with Crippen molar-refractivity contribution in [3.05, 3.63) is 22.8 Å². The quantitative estimate of drug-likeness (QED) is 0.831. The van der Waals surface area contributed by atoms with Gasteiger partial charge in [-0.2, -0.15) is 5.26 Å². The third-order valence-corrected chi connectivity index (χ3v) is 3.25. The molecule has 1 fully saturated rings. The summed E-state index contributed by atoms with van der Waals surface area (Å²) < 4.78 is 0. The van der Waals surface area contributed by atoms with Crippen LogP contribution in [0.2, 0.25) is 5.15 Å². The highest BCUT2D eigenvalue weighted by atomic mass is 35.5. The summed E-state index contributed by atoms with van der Waals surface area (Å²) in [5.41, 5.74) is 0.502. The van der Waals surface area contributed by atoms with Gasteiger partial charge in [-0.25, -0.2) is 4.98 Å². The van der Waals surface area contributed by atoms with E-state index < -0.39 is 0 Å². The largest absolute Gasteiger partial charge is 0.395 e. The van der Waals surface area contributed by atoms with Crippen LogP contribution in [0.1, 0.15) is 24.8 Å². The van der Waals surface area contributed by atoms with Crippen molar-refractivity contribution in [2.45, 2.75) is 25.3 Å². The van der Waals surface area contributed by atoms with Crippen molar-refractivity contribution in [2.75, 3.05) is 18.1 Å². The van der Waals surface area contributed by atoms with Crippen LogP contribution in [-0.4, -0.2) is 29.3 Å². The van der Waals surface area contributed by atoms with Crippen molar-refractivity contribution in [3.8, 4) is 6.07 Å². The standard InChI is InChI=1S/C12H14ClN3O/c13-11-6-9(8-14)7-12(15-11)16(4-5-17)10-2-1-3-10/h6-7,10,17H,1-5H2. The Morgan fingerprint density at radius 3 is 2.82 bits per heavy atom. The van der Waals surface area contributed by atoms with E-state index in [0.717, 1.165) is 12.8 Å². The van der Waals surface area contributed by atoms with E-state index in [2.05, 4.69) is 11.1 Å². The molecule has 0 bridgehead atoms. The molecule has 0 aromatic carbocycles. The van der Waals surface area contributed by atoms with Gasteiger partial charge in [-0.1, -0.05) is 11.6 Å². The molecule has 1 N–H and O–H groups in total. The lowest BCUT2D eigenvalue weighted by atomic mass is 9.91. The van der Waals surface area contributed by atoms with E-state index in [1.54, 1.807) is 12.1 Å². The molecular weight excluding hydrogens is 238 g/mol. The minimum Gasteiger partial charge on any atom is -0.395 e. The van der Waals surface area contributed by atoms with Crippen molar-refractivity contribution in [2.24, 2.45) is 0 Å². The fourth-order valence-electron chi connectivity index (χ4n) is 1.99. The number of aliphatic hydroxyl groups excluding tert-OH is 1. The third-order valence-electron chi connectivity index (χ3n) is 3.06. The maximum Gasteiger partial charge on any atom is 0.132 e. The number of nitrogens with zero attached hydrogens (tertiary/aromatic N) is 3. The first kappa shape index (κ1) is 12.2. The molecule has 5 heteroatoms. The Bertz CT molecular complexity index is 440.